The van der Waals surface area contributed by atoms with Crippen LogP contribution in [0, 0.1) is 5.82 Å². The minimum absolute atomic E-state index is 0.249. The smallest absolute Gasteiger partial charge is 0.246 e. The molecule has 1 fully saturated rings. The average molecular weight is 244 g/mol. The average Bonchev–Trinajstić information content (AvgIpc) is 2.75. The fourth-order valence-electron chi connectivity index (χ4n) is 1.79. The van der Waals surface area contributed by atoms with Crippen molar-refractivity contribution in [2.75, 3.05) is 18.8 Å². The van der Waals surface area contributed by atoms with E-state index in [1.165, 1.54) is 16.4 Å². The summed E-state index contributed by atoms with van der Waals surface area (Å²) in [5.41, 5.74) is 5.72. The van der Waals surface area contributed by atoms with Crippen LogP contribution in [0.25, 0.3) is 0 Å². The molecule has 1 aromatic carbocycles. The summed E-state index contributed by atoms with van der Waals surface area (Å²) in [6, 6.07) is 3.60. The van der Waals surface area contributed by atoms with Gasteiger partial charge in [0.15, 0.2) is 0 Å². The van der Waals surface area contributed by atoms with E-state index in [9.17, 15) is 12.8 Å². The number of hydrogen-bond donors (Lipinski definition) is 1. The SMILES string of the molecule is Nc1ccc(F)c(S(=O)(=O)N2CCCC2)c1. The summed E-state index contributed by atoms with van der Waals surface area (Å²) >= 11 is 0. The quantitative estimate of drug-likeness (QED) is 0.795. The van der Waals surface area contributed by atoms with E-state index in [0.717, 1.165) is 18.9 Å². The van der Waals surface area contributed by atoms with Crippen molar-refractivity contribution in [3.05, 3.63) is 24.0 Å². The highest BCUT2D eigenvalue weighted by Gasteiger charge is 2.29. The lowest BCUT2D eigenvalue weighted by Gasteiger charge is -2.16. The van der Waals surface area contributed by atoms with Crippen molar-refractivity contribution < 1.29 is 12.8 Å². The van der Waals surface area contributed by atoms with Gasteiger partial charge in [-0.25, -0.2) is 12.8 Å². The number of rotatable bonds is 2. The van der Waals surface area contributed by atoms with Crippen LogP contribution in [0.5, 0.6) is 0 Å². The van der Waals surface area contributed by atoms with Crippen LogP contribution in [0.15, 0.2) is 23.1 Å². The van der Waals surface area contributed by atoms with Gasteiger partial charge >= 0.3 is 0 Å². The number of hydrogen-bond acceptors (Lipinski definition) is 3. The van der Waals surface area contributed by atoms with Crippen molar-refractivity contribution in [2.45, 2.75) is 17.7 Å². The van der Waals surface area contributed by atoms with Crippen molar-refractivity contribution in [2.24, 2.45) is 0 Å². The highest BCUT2D eigenvalue weighted by Crippen LogP contribution is 2.24. The number of anilines is 1. The molecule has 16 heavy (non-hydrogen) atoms. The predicted octanol–water partition coefficient (Wildman–Crippen LogP) is 1.19. The number of halogens is 1. The second-order valence-corrected chi connectivity index (χ2v) is 5.71. The lowest BCUT2D eigenvalue weighted by Crippen LogP contribution is -2.28. The number of sulfonamides is 1. The van der Waals surface area contributed by atoms with Crippen LogP contribution in [-0.4, -0.2) is 25.8 Å². The molecule has 1 saturated heterocycles. The molecule has 0 bridgehead atoms. The molecule has 0 atom stereocenters. The van der Waals surface area contributed by atoms with E-state index in [-0.39, 0.29) is 10.6 Å². The highest BCUT2D eigenvalue weighted by molar-refractivity contribution is 7.89. The Kier molecular flexibility index (Phi) is 2.86. The molecule has 0 saturated carbocycles. The van der Waals surface area contributed by atoms with E-state index in [2.05, 4.69) is 0 Å². The molecule has 4 nitrogen and oxygen atoms in total. The largest absolute Gasteiger partial charge is 0.399 e. The normalized spacial score (nSPS) is 17.8. The first-order valence-electron chi connectivity index (χ1n) is 5.07. The molecule has 88 valence electrons. The topological polar surface area (TPSA) is 63.4 Å². The van der Waals surface area contributed by atoms with Crippen LogP contribution in [-0.2, 0) is 10.0 Å². The van der Waals surface area contributed by atoms with E-state index in [1.54, 1.807) is 0 Å². The third-order valence-corrected chi connectivity index (χ3v) is 4.55. The zero-order valence-corrected chi connectivity index (χ0v) is 9.50. The summed E-state index contributed by atoms with van der Waals surface area (Å²) in [5.74, 6) is -0.749. The van der Waals surface area contributed by atoms with Crippen LogP contribution < -0.4 is 5.73 Å². The Bertz CT molecular complexity index is 496. The molecule has 0 amide bonds. The molecule has 1 aromatic rings. The van der Waals surface area contributed by atoms with Gasteiger partial charge in [-0.15, -0.1) is 0 Å². The molecule has 1 aliphatic heterocycles. The van der Waals surface area contributed by atoms with Gasteiger partial charge in [0.25, 0.3) is 0 Å². The first kappa shape index (κ1) is 11.3. The predicted molar refractivity (Wildman–Crippen MR) is 58.8 cm³/mol. The zero-order valence-electron chi connectivity index (χ0n) is 8.69. The third kappa shape index (κ3) is 1.90. The molecule has 0 spiro atoms. The minimum Gasteiger partial charge on any atom is -0.399 e. The van der Waals surface area contributed by atoms with Crippen molar-refractivity contribution in [3.63, 3.8) is 0 Å². The molecule has 2 rings (SSSR count). The summed E-state index contributed by atoms with van der Waals surface area (Å²) in [5, 5.41) is 0. The Labute approximate surface area is 93.9 Å². The van der Waals surface area contributed by atoms with Gasteiger partial charge < -0.3 is 5.73 Å². The molecule has 0 aliphatic carbocycles. The highest BCUT2D eigenvalue weighted by atomic mass is 32.2. The van der Waals surface area contributed by atoms with E-state index < -0.39 is 15.8 Å². The van der Waals surface area contributed by atoms with Crippen LogP contribution in [0.2, 0.25) is 0 Å². The van der Waals surface area contributed by atoms with Crippen LogP contribution >= 0.6 is 0 Å². The van der Waals surface area contributed by atoms with Gasteiger partial charge in [-0.1, -0.05) is 0 Å². The lowest BCUT2D eigenvalue weighted by molar-refractivity contribution is 0.470. The van der Waals surface area contributed by atoms with E-state index in [1.807, 2.05) is 0 Å². The van der Waals surface area contributed by atoms with Crippen molar-refractivity contribution in [3.8, 4) is 0 Å². The summed E-state index contributed by atoms with van der Waals surface area (Å²) in [7, 11) is -3.71. The maximum absolute atomic E-state index is 13.5. The summed E-state index contributed by atoms with van der Waals surface area (Å²) in [6.07, 6.45) is 1.65. The van der Waals surface area contributed by atoms with Gasteiger partial charge in [0.05, 0.1) is 0 Å². The van der Waals surface area contributed by atoms with E-state index in [0.29, 0.717) is 13.1 Å². The van der Waals surface area contributed by atoms with Crippen LogP contribution in [0.1, 0.15) is 12.8 Å². The first-order valence-corrected chi connectivity index (χ1v) is 6.51. The molecule has 0 aromatic heterocycles. The summed E-state index contributed by atoms with van der Waals surface area (Å²) in [4.78, 5) is -0.325. The maximum Gasteiger partial charge on any atom is 0.246 e. The Hall–Kier alpha value is -1.14. The van der Waals surface area contributed by atoms with Crippen molar-refractivity contribution in [1.29, 1.82) is 0 Å². The van der Waals surface area contributed by atoms with Crippen LogP contribution in [0.4, 0.5) is 10.1 Å². The number of nitrogens with zero attached hydrogens (tertiary/aromatic N) is 1. The first-order chi connectivity index (χ1) is 7.51. The van der Waals surface area contributed by atoms with Gasteiger partial charge in [-0.05, 0) is 31.0 Å². The Balaban J connectivity index is 2.46. The standard InChI is InChI=1S/C10H13FN2O2S/c11-9-4-3-8(12)7-10(9)16(14,15)13-5-1-2-6-13/h3-4,7H,1-2,5-6,12H2. The monoisotopic (exact) mass is 244 g/mol. The summed E-state index contributed by atoms with van der Waals surface area (Å²) < 4.78 is 38.8. The number of nitrogens with two attached hydrogens (primary N) is 1. The molecular weight excluding hydrogens is 231 g/mol. The molecule has 0 unspecified atom stereocenters. The van der Waals surface area contributed by atoms with Crippen LogP contribution in [0.3, 0.4) is 0 Å². The number of benzene rings is 1. The second kappa shape index (κ2) is 4.03. The minimum atomic E-state index is -3.71. The van der Waals surface area contributed by atoms with Crippen molar-refractivity contribution in [1.82, 2.24) is 4.31 Å². The lowest BCUT2D eigenvalue weighted by atomic mass is 10.3. The van der Waals surface area contributed by atoms with Gasteiger partial charge in [0.1, 0.15) is 10.7 Å². The van der Waals surface area contributed by atoms with Crippen molar-refractivity contribution >= 4 is 15.7 Å². The molecular formula is C10H13FN2O2S. The molecule has 1 heterocycles. The fourth-order valence-corrected chi connectivity index (χ4v) is 3.40. The van der Waals surface area contributed by atoms with Gasteiger partial charge in [-0.3, -0.25) is 0 Å². The number of nitrogen functional groups attached to an aromatic ring is 1. The van der Waals surface area contributed by atoms with E-state index >= 15 is 0 Å². The fraction of sp³-hybridized carbons (Fsp3) is 0.400. The van der Waals surface area contributed by atoms with Gasteiger partial charge in [-0.2, -0.15) is 4.31 Å². The van der Waals surface area contributed by atoms with Gasteiger partial charge in [0.2, 0.25) is 10.0 Å². The Morgan fingerprint density at radius 1 is 1.25 bits per heavy atom. The zero-order chi connectivity index (χ0) is 11.8. The molecule has 0 radical (unpaired) electrons. The molecule has 2 N–H and O–H groups in total. The maximum atomic E-state index is 13.5. The van der Waals surface area contributed by atoms with Gasteiger partial charge in [0, 0.05) is 18.8 Å². The van der Waals surface area contributed by atoms with E-state index in [4.69, 9.17) is 5.73 Å². The molecule has 1 aliphatic rings. The summed E-state index contributed by atoms with van der Waals surface area (Å²) in [6.45, 7) is 0.910. The second-order valence-electron chi connectivity index (χ2n) is 3.80. The third-order valence-electron chi connectivity index (χ3n) is 2.64. The Morgan fingerprint density at radius 2 is 1.88 bits per heavy atom. The molecule has 6 heteroatoms. The Morgan fingerprint density at radius 3 is 2.50 bits per heavy atom.